The van der Waals surface area contributed by atoms with E-state index in [1.54, 1.807) is 57.4 Å². The zero-order chi connectivity index (χ0) is 59.6. The van der Waals surface area contributed by atoms with Gasteiger partial charge < -0.3 is 14.5 Å². The number of rotatable bonds is 12. The van der Waals surface area contributed by atoms with Crippen molar-refractivity contribution < 1.29 is 32.3 Å². The molecule has 19 nitrogen and oxygen atoms in total. The number of carbonyl (C=O) groups excluding carboxylic acids is 4. The van der Waals surface area contributed by atoms with Crippen molar-refractivity contribution in [1.29, 1.82) is 0 Å². The highest BCUT2D eigenvalue weighted by atomic mass is 32.2. The van der Waals surface area contributed by atoms with Crippen LogP contribution in [0.3, 0.4) is 0 Å². The molecule has 1 unspecified atom stereocenters. The molecule has 6 aromatic heterocycles. The molecule has 0 bridgehead atoms. The second-order valence-electron chi connectivity index (χ2n) is 22.6. The molecule has 4 fully saturated rings. The molecule has 0 spiro atoms. The minimum atomic E-state index is -3.13. The Morgan fingerprint density at radius 1 is 0.859 bits per heavy atom. The first-order valence-corrected chi connectivity index (χ1v) is 33.5. The van der Waals surface area contributed by atoms with Crippen LogP contribution in [0.4, 0.5) is 10.6 Å². The lowest BCUT2D eigenvalue weighted by atomic mass is 9.98. The number of anilines is 1. The topological polar surface area (TPSA) is 226 Å². The van der Waals surface area contributed by atoms with Crippen LogP contribution in [0.25, 0.3) is 54.2 Å². The Bertz CT molecular complexity index is 3960. The third kappa shape index (κ3) is 13.9. The summed E-state index contributed by atoms with van der Waals surface area (Å²) in [6.07, 6.45) is 11.0. The van der Waals surface area contributed by atoms with Crippen LogP contribution in [0.5, 0.6) is 0 Å². The fourth-order valence-electron chi connectivity index (χ4n) is 11.0. The van der Waals surface area contributed by atoms with Crippen LogP contribution in [-0.4, -0.2) is 158 Å². The van der Waals surface area contributed by atoms with E-state index >= 15 is 0 Å². The lowest BCUT2D eigenvalue weighted by molar-refractivity contribution is -0.136. The summed E-state index contributed by atoms with van der Waals surface area (Å²) in [4.78, 5) is 88.4. The number of aryl methyl sites for hydroxylation is 1. The number of pyridine rings is 2. The number of morpholine rings is 1. The molecule has 11 heterocycles. The van der Waals surface area contributed by atoms with Crippen molar-refractivity contribution >= 4 is 112 Å². The van der Waals surface area contributed by atoms with Crippen LogP contribution in [0.2, 0.25) is 0 Å². The third-order valence-electron chi connectivity index (χ3n) is 15.4. The van der Waals surface area contributed by atoms with Crippen LogP contribution < -0.4 is 10.2 Å². The number of hydrogen-bond acceptors (Lipinski definition) is 20. The number of nitrogens with zero attached hydrogens (tertiary/aromatic N) is 11. The van der Waals surface area contributed by atoms with Gasteiger partial charge in [0, 0.05) is 109 Å². The van der Waals surface area contributed by atoms with Gasteiger partial charge in [0.1, 0.15) is 5.01 Å². The number of thiophene rings is 1. The molecule has 0 saturated carbocycles. The number of sulfonamides is 1. The van der Waals surface area contributed by atoms with Crippen molar-refractivity contribution in [3.63, 3.8) is 0 Å². The molecule has 8 aromatic rings. The molecule has 24 heteroatoms. The highest BCUT2D eigenvalue weighted by Crippen LogP contribution is 2.38. The number of imide groups is 1. The molecule has 4 saturated heterocycles. The summed E-state index contributed by atoms with van der Waals surface area (Å²) in [5.74, 6) is 1.56. The maximum absolute atomic E-state index is 12.6. The molecule has 3 amide bonds. The average Bonchev–Trinajstić information content (AvgIpc) is 2.37. The van der Waals surface area contributed by atoms with Crippen LogP contribution in [0.15, 0.2) is 89.6 Å². The number of aliphatic imine (C=N–C) groups is 1. The third-order valence-corrected chi connectivity index (χ3v) is 21.2. The van der Waals surface area contributed by atoms with Gasteiger partial charge in [0.05, 0.1) is 80.7 Å². The molecular formula is C61H66N12O7S5. The number of likely N-dealkylation sites (tertiary alicyclic amines) is 1. The molecule has 5 aliphatic rings. The quantitative estimate of drug-likeness (QED) is 0.120. The van der Waals surface area contributed by atoms with E-state index in [1.807, 2.05) is 43.5 Å². The molecule has 1 N–H and O–H groups in total. The van der Waals surface area contributed by atoms with Gasteiger partial charge in [-0.3, -0.25) is 44.4 Å². The molecule has 0 aliphatic carbocycles. The smallest absolute Gasteiger partial charge is 0.286 e. The van der Waals surface area contributed by atoms with Crippen molar-refractivity contribution in [2.24, 2.45) is 4.99 Å². The molecule has 5 aliphatic heterocycles. The van der Waals surface area contributed by atoms with Crippen molar-refractivity contribution in [2.45, 2.75) is 90.1 Å². The zero-order valence-electron chi connectivity index (χ0n) is 48.2. The molecule has 442 valence electrons. The van der Waals surface area contributed by atoms with Crippen molar-refractivity contribution in [3.05, 3.63) is 122 Å². The largest absolute Gasteiger partial charge is 0.378 e. The SMILES string of the molecule is CC(=O)[C@@H]1CCCN1C(=O)Cc1nc(C)c(-c2csc(C(C)(C)C)n2)s1.CS(=O)(=O)N1CCN(Cc2cc3nc(-c4cccc5c4C=NC5)nc(N4CCOCC4)c3s2)CC1.O=C1NC(=O)C(Cc2ccc3nccc(-c4ccncc4)c3c2)S1. The average molecular weight is 1240 g/mol. The first-order valence-electron chi connectivity index (χ1n) is 28.3. The minimum absolute atomic E-state index is 0.00309. The number of benzene rings is 2. The Morgan fingerprint density at radius 2 is 1.65 bits per heavy atom. The van der Waals surface area contributed by atoms with Crippen LogP contribution in [-0.2, 0) is 60.5 Å². The number of aromatic nitrogens is 6. The summed E-state index contributed by atoms with van der Waals surface area (Å²) in [7, 11) is -3.13. The van der Waals surface area contributed by atoms with E-state index in [4.69, 9.17) is 19.7 Å². The number of fused-ring (bicyclic) bond motifs is 3. The van der Waals surface area contributed by atoms with E-state index in [0.717, 1.165) is 144 Å². The van der Waals surface area contributed by atoms with Crippen molar-refractivity contribution in [2.75, 3.05) is 70.2 Å². The molecule has 85 heavy (non-hydrogen) atoms. The fourth-order valence-corrected chi connectivity index (χ4v) is 15.8. The van der Waals surface area contributed by atoms with Gasteiger partial charge in [-0.1, -0.05) is 56.8 Å². The number of carbonyl (C=O) groups is 4. The van der Waals surface area contributed by atoms with Gasteiger partial charge in [-0.2, -0.15) is 4.31 Å². The normalized spacial score (nSPS) is 18.3. The number of nitrogens with one attached hydrogen (secondary N) is 1. The number of ether oxygens (including phenoxy) is 1. The van der Waals surface area contributed by atoms with E-state index < -0.39 is 10.0 Å². The van der Waals surface area contributed by atoms with Crippen molar-refractivity contribution in [3.8, 4) is 33.1 Å². The minimum Gasteiger partial charge on any atom is -0.378 e. The van der Waals surface area contributed by atoms with Crippen molar-refractivity contribution in [1.82, 2.24) is 49.3 Å². The van der Waals surface area contributed by atoms with E-state index in [0.29, 0.717) is 45.8 Å². The van der Waals surface area contributed by atoms with E-state index in [2.05, 4.69) is 91.5 Å². The monoisotopic (exact) mass is 1240 g/mol. The predicted octanol–water partition coefficient (Wildman–Crippen LogP) is 9.39. The molecular weight excluding hydrogens is 1170 g/mol. The zero-order valence-corrected chi connectivity index (χ0v) is 52.3. The number of piperazine rings is 1. The summed E-state index contributed by atoms with van der Waals surface area (Å²) < 4.78 is 32.0. The first-order chi connectivity index (χ1) is 40.8. The lowest BCUT2D eigenvalue weighted by Crippen LogP contribution is -2.47. The van der Waals surface area contributed by atoms with E-state index in [1.165, 1.54) is 28.0 Å². The number of Topliss-reactive ketones (excluding diaryl/α,β-unsaturated/α-hetero) is 1. The molecule has 13 rings (SSSR count). The maximum atomic E-state index is 12.6. The summed E-state index contributed by atoms with van der Waals surface area (Å²) in [5, 5.41) is 6.67. The maximum Gasteiger partial charge on any atom is 0.286 e. The number of hydrogen-bond donors (Lipinski definition) is 1. The van der Waals surface area contributed by atoms with Crippen LogP contribution in [0, 0.1) is 6.92 Å². The van der Waals surface area contributed by atoms with E-state index in [-0.39, 0.29) is 46.0 Å². The Hall–Kier alpha value is -6.77. The van der Waals surface area contributed by atoms with Gasteiger partial charge in [-0.25, -0.2) is 28.4 Å². The van der Waals surface area contributed by atoms with Gasteiger partial charge in [0.25, 0.3) is 5.24 Å². The highest BCUT2D eigenvalue weighted by Gasteiger charge is 2.34. The van der Waals surface area contributed by atoms with Gasteiger partial charge in [0.2, 0.25) is 21.8 Å². The van der Waals surface area contributed by atoms with Gasteiger partial charge in [-0.15, -0.1) is 34.0 Å². The Labute approximate surface area is 510 Å². The second-order valence-corrected chi connectivity index (χ2v) is 28.8. The number of amides is 3. The molecule has 2 aromatic carbocycles. The Balaban J connectivity index is 0.000000136. The second kappa shape index (κ2) is 25.7. The predicted molar refractivity (Wildman–Crippen MR) is 338 cm³/mol. The Morgan fingerprint density at radius 3 is 2.36 bits per heavy atom. The molecule has 2 atom stereocenters. The fraction of sp³-hybridized carbons (Fsp3) is 0.393. The van der Waals surface area contributed by atoms with Gasteiger partial charge in [0.15, 0.2) is 17.4 Å². The van der Waals surface area contributed by atoms with Gasteiger partial charge in [-0.05, 0) is 91.8 Å². The van der Waals surface area contributed by atoms with Crippen LogP contribution in [0.1, 0.15) is 77.8 Å². The lowest BCUT2D eigenvalue weighted by Gasteiger charge is -2.32. The number of thiazole rings is 2. The summed E-state index contributed by atoms with van der Waals surface area (Å²) in [6.45, 7) is 17.7. The molecule has 0 radical (unpaired) electrons. The standard InChI is InChI=1S/C24H28N6O3S2.C19H25N3O2S2.C18H13N3O2S/c1-35(31,32)30-7-5-28(6-8-30)16-18-13-21-22(34-18)24(29-9-11-33-12-10-29)27-23(26-21)19-4-2-3-17-14-25-15-20(17)19;1-11-17(13-10-25-18(21-13)19(3,4)5)26-15(20-11)9-16(24)22-8-6-7-14(22)12(2)23;22-17-16(24-18(23)21-17)10-11-1-2-15-14(9-11)13(5-8-20-15)12-3-6-19-7-4-12/h2-4,13,15H,5-12,14,16H2,1H3;10,14H,6-9H2,1-5H3;1-9,16H,10H2,(H,21,22,23)/t;14-;/m.0./s1. The van der Waals surface area contributed by atoms with Crippen LogP contribution >= 0.6 is 45.8 Å². The number of ketones is 1. The summed E-state index contributed by atoms with van der Waals surface area (Å²) in [5.41, 5.74) is 10.2. The number of thioether (sulfide) groups is 1. The summed E-state index contributed by atoms with van der Waals surface area (Å²) >= 11 is 5.99. The summed E-state index contributed by atoms with van der Waals surface area (Å²) in [6, 6.07) is 20.0. The van der Waals surface area contributed by atoms with Gasteiger partial charge >= 0.3 is 0 Å². The Kier molecular flexibility index (Phi) is 18.1. The highest BCUT2D eigenvalue weighted by molar-refractivity contribution is 8.15. The van der Waals surface area contributed by atoms with E-state index in [9.17, 15) is 27.6 Å². The first kappa shape index (κ1) is 59.9.